The van der Waals surface area contributed by atoms with Crippen molar-refractivity contribution in [1.82, 2.24) is 9.55 Å². The van der Waals surface area contributed by atoms with Crippen LogP contribution in [0.4, 0.5) is 0 Å². The lowest BCUT2D eigenvalue weighted by molar-refractivity contribution is 0.0697. The smallest absolute Gasteiger partial charge is 0.335 e. The fraction of sp³-hybridized carbons (Fsp3) is 0.125. The second-order valence-electron chi connectivity index (χ2n) is 4.88. The molecule has 0 aliphatic rings. The Bertz CT molecular complexity index is 839. The van der Waals surface area contributed by atoms with Gasteiger partial charge in [-0.3, -0.25) is 0 Å². The van der Waals surface area contributed by atoms with E-state index in [2.05, 4.69) is 4.98 Å². The number of aryl methyl sites for hydroxylation is 1. The van der Waals surface area contributed by atoms with E-state index in [1.807, 2.05) is 35.8 Å². The van der Waals surface area contributed by atoms with Crippen molar-refractivity contribution in [3.05, 3.63) is 64.4 Å². The maximum atomic E-state index is 11.1. The van der Waals surface area contributed by atoms with Crippen LogP contribution >= 0.6 is 11.6 Å². The first-order valence-electron chi connectivity index (χ1n) is 6.49. The van der Waals surface area contributed by atoms with Crippen LogP contribution in [0.15, 0.2) is 42.5 Å². The molecule has 1 N–H and O–H groups in total. The Balaban J connectivity index is 2.10. The molecule has 4 nitrogen and oxygen atoms in total. The lowest BCUT2D eigenvalue weighted by Gasteiger charge is -2.08. The standard InChI is InChI=1S/C16H13ClN2O2/c1-10-18-14-6-5-12(16(20)21)8-15(14)19(10)9-11-3-2-4-13(17)7-11/h2-8H,9H2,1H3,(H,20,21). The number of carbonyl (C=O) groups is 1. The Hall–Kier alpha value is -2.33. The molecular formula is C16H13ClN2O2. The molecule has 21 heavy (non-hydrogen) atoms. The third-order valence-electron chi connectivity index (χ3n) is 3.42. The van der Waals surface area contributed by atoms with Gasteiger partial charge in [0.1, 0.15) is 5.82 Å². The number of aromatic nitrogens is 2. The summed E-state index contributed by atoms with van der Waals surface area (Å²) < 4.78 is 1.99. The van der Waals surface area contributed by atoms with E-state index < -0.39 is 5.97 Å². The molecule has 106 valence electrons. The largest absolute Gasteiger partial charge is 0.478 e. The van der Waals surface area contributed by atoms with E-state index in [0.717, 1.165) is 22.4 Å². The maximum absolute atomic E-state index is 11.1. The molecule has 0 amide bonds. The minimum absolute atomic E-state index is 0.259. The molecular weight excluding hydrogens is 288 g/mol. The predicted molar refractivity (Wildman–Crippen MR) is 82.0 cm³/mol. The first-order valence-corrected chi connectivity index (χ1v) is 6.87. The zero-order chi connectivity index (χ0) is 15.0. The van der Waals surface area contributed by atoms with Crippen LogP contribution in [-0.2, 0) is 6.54 Å². The summed E-state index contributed by atoms with van der Waals surface area (Å²) in [7, 11) is 0. The Morgan fingerprint density at radius 1 is 1.29 bits per heavy atom. The van der Waals surface area contributed by atoms with Gasteiger partial charge in [-0.1, -0.05) is 23.7 Å². The van der Waals surface area contributed by atoms with E-state index in [-0.39, 0.29) is 5.56 Å². The minimum Gasteiger partial charge on any atom is -0.478 e. The van der Waals surface area contributed by atoms with Crippen molar-refractivity contribution in [2.24, 2.45) is 0 Å². The molecule has 0 saturated heterocycles. The SMILES string of the molecule is Cc1nc2ccc(C(=O)O)cc2n1Cc1cccc(Cl)c1. The van der Waals surface area contributed by atoms with Gasteiger partial charge in [0, 0.05) is 11.6 Å². The average molecular weight is 301 g/mol. The summed E-state index contributed by atoms with van der Waals surface area (Å²) in [5.41, 5.74) is 2.91. The lowest BCUT2D eigenvalue weighted by Crippen LogP contribution is -2.03. The summed E-state index contributed by atoms with van der Waals surface area (Å²) >= 11 is 6.01. The predicted octanol–water partition coefficient (Wildman–Crippen LogP) is 3.74. The highest BCUT2D eigenvalue weighted by atomic mass is 35.5. The second kappa shape index (κ2) is 5.22. The Morgan fingerprint density at radius 2 is 2.10 bits per heavy atom. The van der Waals surface area contributed by atoms with Crippen molar-refractivity contribution in [2.45, 2.75) is 13.5 Å². The van der Waals surface area contributed by atoms with Crippen molar-refractivity contribution in [3.63, 3.8) is 0 Å². The Kier molecular flexibility index (Phi) is 3.39. The number of hydrogen-bond donors (Lipinski definition) is 1. The molecule has 0 radical (unpaired) electrons. The molecule has 0 fully saturated rings. The molecule has 0 spiro atoms. The van der Waals surface area contributed by atoms with E-state index in [0.29, 0.717) is 11.6 Å². The van der Waals surface area contributed by atoms with Crippen LogP contribution in [0, 0.1) is 6.92 Å². The number of hydrogen-bond acceptors (Lipinski definition) is 2. The van der Waals surface area contributed by atoms with Crippen molar-refractivity contribution >= 4 is 28.6 Å². The van der Waals surface area contributed by atoms with Crippen LogP contribution in [0.25, 0.3) is 11.0 Å². The van der Waals surface area contributed by atoms with Gasteiger partial charge in [0.15, 0.2) is 0 Å². The van der Waals surface area contributed by atoms with Gasteiger partial charge in [-0.05, 0) is 42.8 Å². The fourth-order valence-electron chi connectivity index (χ4n) is 2.39. The molecule has 0 saturated carbocycles. The van der Waals surface area contributed by atoms with Gasteiger partial charge in [0.2, 0.25) is 0 Å². The fourth-order valence-corrected chi connectivity index (χ4v) is 2.61. The van der Waals surface area contributed by atoms with Gasteiger partial charge in [-0.25, -0.2) is 9.78 Å². The van der Waals surface area contributed by atoms with E-state index >= 15 is 0 Å². The molecule has 0 bridgehead atoms. The zero-order valence-electron chi connectivity index (χ0n) is 11.4. The Morgan fingerprint density at radius 3 is 2.81 bits per heavy atom. The van der Waals surface area contributed by atoms with Gasteiger partial charge in [-0.2, -0.15) is 0 Å². The van der Waals surface area contributed by atoms with Gasteiger partial charge < -0.3 is 9.67 Å². The summed E-state index contributed by atoms with van der Waals surface area (Å²) in [6.45, 7) is 2.51. The van der Waals surface area contributed by atoms with Crippen molar-refractivity contribution in [3.8, 4) is 0 Å². The molecule has 3 aromatic rings. The number of aromatic carboxylic acids is 1. The van der Waals surface area contributed by atoms with Crippen LogP contribution in [0.2, 0.25) is 5.02 Å². The highest BCUT2D eigenvalue weighted by Crippen LogP contribution is 2.20. The van der Waals surface area contributed by atoms with Gasteiger partial charge in [0.05, 0.1) is 16.6 Å². The molecule has 0 aliphatic carbocycles. The van der Waals surface area contributed by atoms with Gasteiger partial charge >= 0.3 is 5.97 Å². The quantitative estimate of drug-likeness (QED) is 0.801. The summed E-state index contributed by atoms with van der Waals surface area (Å²) in [6.07, 6.45) is 0. The highest BCUT2D eigenvalue weighted by molar-refractivity contribution is 6.30. The number of carboxylic acid groups (broad SMARTS) is 1. The highest BCUT2D eigenvalue weighted by Gasteiger charge is 2.11. The monoisotopic (exact) mass is 300 g/mol. The number of carboxylic acids is 1. The first kappa shape index (κ1) is 13.6. The second-order valence-corrected chi connectivity index (χ2v) is 5.32. The van der Waals surface area contributed by atoms with Gasteiger partial charge in [0.25, 0.3) is 0 Å². The van der Waals surface area contributed by atoms with Crippen LogP contribution in [0.1, 0.15) is 21.7 Å². The number of benzene rings is 2. The average Bonchev–Trinajstić information content (AvgIpc) is 2.74. The molecule has 0 atom stereocenters. The van der Waals surface area contributed by atoms with Crippen LogP contribution in [0.3, 0.4) is 0 Å². The van der Waals surface area contributed by atoms with Crippen molar-refractivity contribution in [1.29, 1.82) is 0 Å². The maximum Gasteiger partial charge on any atom is 0.335 e. The summed E-state index contributed by atoms with van der Waals surface area (Å²) in [5.74, 6) is -0.0995. The molecule has 2 aromatic carbocycles. The van der Waals surface area contributed by atoms with E-state index in [1.54, 1.807) is 18.2 Å². The van der Waals surface area contributed by atoms with Gasteiger partial charge in [-0.15, -0.1) is 0 Å². The minimum atomic E-state index is -0.940. The molecule has 1 heterocycles. The summed E-state index contributed by atoms with van der Waals surface area (Å²) in [4.78, 5) is 15.6. The summed E-state index contributed by atoms with van der Waals surface area (Å²) in [6, 6.07) is 12.6. The number of fused-ring (bicyclic) bond motifs is 1. The number of halogens is 1. The number of rotatable bonds is 3. The third-order valence-corrected chi connectivity index (χ3v) is 3.65. The first-order chi connectivity index (χ1) is 10.0. The topological polar surface area (TPSA) is 55.1 Å². The van der Waals surface area contributed by atoms with E-state index in [4.69, 9.17) is 16.7 Å². The normalized spacial score (nSPS) is 11.0. The zero-order valence-corrected chi connectivity index (χ0v) is 12.1. The van der Waals surface area contributed by atoms with E-state index in [9.17, 15) is 4.79 Å². The van der Waals surface area contributed by atoms with Crippen molar-refractivity contribution < 1.29 is 9.90 Å². The van der Waals surface area contributed by atoms with E-state index in [1.165, 1.54) is 0 Å². The lowest BCUT2D eigenvalue weighted by atomic mass is 10.2. The number of nitrogens with zero attached hydrogens (tertiary/aromatic N) is 2. The van der Waals surface area contributed by atoms with Crippen LogP contribution in [0.5, 0.6) is 0 Å². The van der Waals surface area contributed by atoms with Crippen LogP contribution < -0.4 is 0 Å². The van der Waals surface area contributed by atoms with Crippen molar-refractivity contribution in [2.75, 3.05) is 0 Å². The molecule has 5 heteroatoms. The molecule has 0 aliphatic heterocycles. The molecule has 0 unspecified atom stereocenters. The molecule has 3 rings (SSSR count). The number of imidazole rings is 1. The molecule has 1 aromatic heterocycles. The summed E-state index contributed by atoms with van der Waals surface area (Å²) in [5, 5.41) is 9.80. The Labute approximate surface area is 126 Å². The van der Waals surface area contributed by atoms with Crippen LogP contribution in [-0.4, -0.2) is 20.6 Å². The third kappa shape index (κ3) is 2.62.